The van der Waals surface area contributed by atoms with E-state index in [1.165, 1.54) is 43.1 Å². The second-order valence-corrected chi connectivity index (χ2v) is 8.44. The van der Waals surface area contributed by atoms with Gasteiger partial charge in [0.05, 0.1) is 0 Å². The third-order valence-electron chi connectivity index (χ3n) is 6.23. The maximum atomic E-state index is 4.22. The van der Waals surface area contributed by atoms with E-state index in [0.29, 0.717) is 0 Å². The van der Waals surface area contributed by atoms with Gasteiger partial charge in [0, 0.05) is 20.6 Å². The minimum Gasteiger partial charge on any atom is -0.135 e. The summed E-state index contributed by atoms with van der Waals surface area (Å²) in [5.74, 6) is 0. The molecular weight excluding hydrogens is 320 g/mol. The molecule has 1 heteroatoms. The Bertz CT molecular complexity index is 983. The number of allylic oxidation sites excluding steroid dienone is 2. The number of benzene rings is 2. The number of hydrogen-bond donors (Lipinski definition) is 0. The first kappa shape index (κ1) is 14.9. The largest absolute Gasteiger partial charge is 0.135 e. The van der Waals surface area contributed by atoms with Gasteiger partial charge in [0.1, 0.15) is 0 Å². The van der Waals surface area contributed by atoms with Crippen molar-refractivity contribution in [1.82, 2.24) is 0 Å². The molecule has 0 N–H and O–H groups in total. The summed E-state index contributed by atoms with van der Waals surface area (Å²) in [7, 11) is 0. The summed E-state index contributed by atoms with van der Waals surface area (Å²) in [5, 5.41) is 0. The fourth-order valence-electron chi connectivity index (χ4n) is 4.76. The van der Waals surface area contributed by atoms with E-state index in [4.69, 9.17) is 0 Å². The Morgan fingerprint density at radius 3 is 1.52 bits per heavy atom. The van der Waals surface area contributed by atoms with Crippen molar-refractivity contribution < 1.29 is 0 Å². The van der Waals surface area contributed by atoms with E-state index in [9.17, 15) is 0 Å². The number of thiophene rings is 1. The van der Waals surface area contributed by atoms with E-state index < -0.39 is 0 Å². The molecule has 0 amide bonds. The van der Waals surface area contributed by atoms with Crippen LogP contribution >= 0.6 is 11.3 Å². The molecule has 2 unspecified atom stereocenters. The Kier molecular flexibility index (Phi) is 2.76. The molecule has 0 fully saturated rings. The highest BCUT2D eigenvalue weighted by Crippen LogP contribution is 2.63. The second-order valence-electron chi connectivity index (χ2n) is 7.41. The van der Waals surface area contributed by atoms with Gasteiger partial charge in [0.25, 0.3) is 0 Å². The lowest BCUT2D eigenvalue weighted by molar-refractivity contribution is 0.687. The maximum absolute atomic E-state index is 4.22. The average molecular weight is 340 g/mol. The SMILES string of the molecule is C=CC1(C)c2ccccc2-c2sc3c(c21)C(C)(C=C)c1ccccc1-3. The van der Waals surface area contributed by atoms with Gasteiger partial charge in [-0.2, -0.15) is 0 Å². The standard InChI is InChI=1S/C24H20S/c1-5-23(3)17-13-9-7-11-15(17)21-19(23)20-22(25-21)16-12-8-10-14-18(16)24(20,4)6-2/h5-14H,1-2H2,3-4H3. The first-order valence-electron chi connectivity index (χ1n) is 8.71. The fourth-order valence-corrected chi connectivity index (χ4v) is 6.38. The lowest BCUT2D eigenvalue weighted by atomic mass is 9.72. The first-order chi connectivity index (χ1) is 12.1. The Balaban J connectivity index is 1.95. The maximum Gasteiger partial charge on any atom is 0.0400 e. The topological polar surface area (TPSA) is 0 Å². The number of rotatable bonds is 2. The van der Waals surface area contributed by atoms with Crippen LogP contribution in [-0.2, 0) is 10.8 Å². The van der Waals surface area contributed by atoms with Gasteiger partial charge in [-0.1, -0.05) is 60.7 Å². The molecule has 0 aliphatic heterocycles. The van der Waals surface area contributed by atoms with E-state index in [-0.39, 0.29) is 10.8 Å². The number of fused-ring (bicyclic) bond motifs is 7. The van der Waals surface area contributed by atoms with Crippen LogP contribution in [0.15, 0.2) is 73.8 Å². The molecule has 2 aliphatic carbocycles. The van der Waals surface area contributed by atoms with Gasteiger partial charge >= 0.3 is 0 Å². The molecule has 0 radical (unpaired) electrons. The molecule has 2 aliphatic rings. The summed E-state index contributed by atoms with van der Waals surface area (Å²) in [4.78, 5) is 2.82. The molecule has 3 aromatic rings. The molecule has 2 aromatic carbocycles. The third-order valence-corrected chi connectivity index (χ3v) is 7.48. The van der Waals surface area contributed by atoms with Crippen LogP contribution in [0.1, 0.15) is 36.1 Å². The van der Waals surface area contributed by atoms with Gasteiger partial charge in [-0.15, -0.1) is 24.5 Å². The van der Waals surface area contributed by atoms with Gasteiger partial charge in [0.15, 0.2) is 0 Å². The molecule has 0 bridgehead atoms. The minimum absolute atomic E-state index is 0.150. The van der Waals surface area contributed by atoms with E-state index in [0.717, 1.165) is 0 Å². The fraction of sp³-hybridized carbons (Fsp3) is 0.167. The first-order valence-corrected chi connectivity index (χ1v) is 9.52. The van der Waals surface area contributed by atoms with Crippen LogP contribution in [0.2, 0.25) is 0 Å². The summed E-state index contributed by atoms with van der Waals surface area (Å²) in [6, 6.07) is 17.6. The van der Waals surface area contributed by atoms with Gasteiger partial charge in [-0.25, -0.2) is 0 Å². The molecule has 25 heavy (non-hydrogen) atoms. The summed E-state index contributed by atoms with van der Waals surface area (Å²) in [5.41, 5.74) is 8.04. The van der Waals surface area contributed by atoms with Crippen molar-refractivity contribution in [2.75, 3.05) is 0 Å². The Morgan fingerprint density at radius 1 is 0.720 bits per heavy atom. The summed E-state index contributed by atoms with van der Waals surface area (Å²) >= 11 is 1.94. The van der Waals surface area contributed by atoms with Crippen molar-refractivity contribution in [2.45, 2.75) is 24.7 Å². The van der Waals surface area contributed by atoms with Crippen LogP contribution in [-0.4, -0.2) is 0 Å². The molecular formula is C24H20S. The van der Waals surface area contributed by atoms with Crippen molar-refractivity contribution in [1.29, 1.82) is 0 Å². The average Bonchev–Trinajstić information content (AvgIpc) is 3.24. The van der Waals surface area contributed by atoms with Gasteiger partial charge < -0.3 is 0 Å². The van der Waals surface area contributed by atoms with Crippen LogP contribution < -0.4 is 0 Å². The zero-order valence-corrected chi connectivity index (χ0v) is 15.4. The summed E-state index contributed by atoms with van der Waals surface area (Å²) < 4.78 is 0. The van der Waals surface area contributed by atoms with Crippen LogP contribution in [0.25, 0.3) is 20.9 Å². The van der Waals surface area contributed by atoms with E-state index in [2.05, 4.69) is 87.7 Å². The van der Waals surface area contributed by atoms with Gasteiger partial charge in [-0.05, 0) is 47.2 Å². The highest BCUT2D eigenvalue weighted by Gasteiger charge is 2.49. The zero-order chi connectivity index (χ0) is 17.4. The highest BCUT2D eigenvalue weighted by atomic mass is 32.1. The van der Waals surface area contributed by atoms with Crippen LogP contribution in [0, 0.1) is 0 Å². The van der Waals surface area contributed by atoms with Gasteiger partial charge in [-0.3, -0.25) is 0 Å². The molecule has 1 aromatic heterocycles. The quantitative estimate of drug-likeness (QED) is 0.456. The second kappa shape index (κ2) is 4.62. The van der Waals surface area contributed by atoms with Crippen molar-refractivity contribution in [3.8, 4) is 20.9 Å². The molecule has 0 saturated carbocycles. The van der Waals surface area contributed by atoms with Crippen LogP contribution in [0.4, 0.5) is 0 Å². The smallest absolute Gasteiger partial charge is 0.0400 e. The Labute approximate surface area is 153 Å². The predicted octanol–water partition coefficient (Wildman–Crippen LogP) is 6.69. The monoisotopic (exact) mass is 340 g/mol. The molecule has 2 atom stereocenters. The molecule has 5 rings (SSSR count). The Hall–Kier alpha value is -2.38. The highest BCUT2D eigenvalue weighted by molar-refractivity contribution is 7.19. The van der Waals surface area contributed by atoms with E-state index in [1.807, 2.05) is 11.3 Å². The third kappa shape index (κ3) is 1.54. The predicted molar refractivity (Wildman–Crippen MR) is 108 cm³/mol. The van der Waals surface area contributed by atoms with E-state index >= 15 is 0 Å². The van der Waals surface area contributed by atoms with Crippen LogP contribution in [0.5, 0.6) is 0 Å². The molecule has 122 valence electrons. The zero-order valence-electron chi connectivity index (χ0n) is 14.6. The molecule has 0 saturated heterocycles. The van der Waals surface area contributed by atoms with Crippen molar-refractivity contribution in [2.24, 2.45) is 0 Å². The van der Waals surface area contributed by atoms with E-state index in [1.54, 1.807) is 0 Å². The molecule has 1 heterocycles. The number of hydrogen-bond acceptors (Lipinski definition) is 1. The Morgan fingerprint density at radius 2 is 1.12 bits per heavy atom. The van der Waals surface area contributed by atoms with Crippen molar-refractivity contribution >= 4 is 11.3 Å². The van der Waals surface area contributed by atoms with Crippen LogP contribution in [0.3, 0.4) is 0 Å². The van der Waals surface area contributed by atoms with Crippen molar-refractivity contribution in [3.05, 3.63) is 96.1 Å². The van der Waals surface area contributed by atoms with Crippen molar-refractivity contribution in [3.63, 3.8) is 0 Å². The van der Waals surface area contributed by atoms with Gasteiger partial charge in [0.2, 0.25) is 0 Å². The summed E-state index contributed by atoms with van der Waals surface area (Å²) in [6.07, 6.45) is 4.24. The molecule has 0 spiro atoms. The normalized spacial score (nSPS) is 25.0. The summed E-state index contributed by atoms with van der Waals surface area (Å²) in [6.45, 7) is 13.1. The lowest BCUT2D eigenvalue weighted by Gasteiger charge is -2.29. The lowest BCUT2D eigenvalue weighted by Crippen LogP contribution is -2.24. The molecule has 0 nitrogen and oxygen atoms in total. The minimum atomic E-state index is -0.150.